The zero-order valence-electron chi connectivity index (χ0n) is 11.1. The van der Waals surface area contributed by atoms with Gasteiger partial charge in [0.15, 0.2) is 6.10 Å². The van der Waals surface area contributed by atoms with Gasteiger partial charge < -0.3 is 15.8 Å². The van der Waals surface area contributed by atoms with Crippen LogP contribution in [0, 0.1) is 6.92 Å². The maximum Gasteiger partial charge on any atom is 0.261 e. The summed E-state index contributed by atoms with van der Waals surface area (Å²) in [5.41, 5.74) is 5.90. The van der Waals surface area contributed by atoms with Crippen molar-refractivity contribution >= 4 is 23.4 Å². The number of hydrogen-bond donors (Lipinski definition) is 2. The zero-order valence-corrected chi connectivity index (χ0v) is 11.8. The predicted octanol–water partition coefficient (Wildman–Crippen LogP) is 1.41. The highest BCUT2D eigenvalue weighted by molar-refractivity contribution is 6.30. The molecule has 0 bridgehead atoms. The Morgan fingerprint density at radius 3 is 2.53 bits per heavy atom. The van der Waals surface area contributed by atoms with E-state index in [-0.39, 0.29) is 0 Å². The number of carbonyl (C=O) groups is 2. The van der Waals surface area contributed by atoms with Crippen LogP contribution < -0.4 is 15.8 Å². The van der Waals surface area contributed by atoms with E-state index in [1.165, 1.54) is 6.92 Å². The molecule has 2 unspecified atom stereocenters. The summed E-state index contributed by atoms with van der Waals surface area (Å²) in [6, 6.07) is 4.39. The van der Waals surface area contributed by atoms with Gasteiger partial charge in [0.1, 0.15) is 11.8 Å². The van der Waals surface area contributed by atoms with Crippen molar-refractivity contribution in [1.29, 1.82) is 0 Å². The molecule has 2 amide bonds. The standard InChI is InChI=1S/C13H17ClN2O3/c1-7-6-10(14)4-5-11(7)19-9(3)13(18)16-8(2)12(15)17/h4-6,8-9H,1-3H3,(H2,15,17)(H,16,18). The maximum atomic E-state index is 11.8. The van der Waals surface area contributed by atoms with Crippen molar-refractivity contribution in [2.45, 2.75) is 32.9 Å². The molecule has 1 rings (SSSR count). The molecular formula is C13H17ClN2O3. The molecule has 104 valence electrons. The molecule has 0 fully saturated rings. The first-order valence-corrected chi connectivity index (χ1v) is 6.21. The van der Waals surface area contributed by atoms with E-state index in [4.69, 9.17) is 22.1 Å². The summed E-state index contributed by atoms with van der Waals surface area (Å²) >= 11 is 5.83. The van der Waals surface area contributed by atoms with Gasteiger partial charge in [0.2, 0.25) is 5.91 Å². The second-order valence-electron chi connectivity index (χ2n) is 4.30. The highest BCUT2D eigenvalue weighted by atomic mass is 35.5. The van der Waals surface area contributed by atoms with Crippen molar-refractivity contribution in [2.75, 3.05) is 0 Å². The van der Waals surface area contributed by atoms with E-state index in [1.54, 1.807) is 25.1 Å². The van der Waals surface area contributed by atoms with Gasteiger partial charge in [0.25, 0.3) is 5.91 Å². The molecule has 19 heavy (non-hydrogen) atoms. The van der Waals surface area contributed by atoms with Crippen LogP contribution in [0.2, 0.25) is 5.02 Å². The highest BCUT2D eigenvalue weighted by Gasteiger charge is 2.19. The first kappa shape index (κ1) is 15.3. The predicted molar refractivity (Wildman–Crippen MR) is 73.1 cm³/mol. The Bertz CT molecular complexity index is 491. The second-order valence-corrected chi connectivity index (χ2v) is 4.74. The molecule has 0 saturated heterocycles. The summed E-state index contributed by atoms with van der Waals surface area (Å²) in [7, 11) is 0. The first-order chi connectivity index (χ1) is 8.81. The number of carbonyl (C=O) groups excluding carboxylic acids is 2. The number of nitrogens with two attached hydrogens (primary N) is 1. The van der Waals surface area contributed by atoms with E-state index in [0.717, 1.165) is 5.56 Å². The number of benzene rings is 1. The summed E-state index contributed by atoms with van der Waals surface area (Å²) < 4.78 is 5.52. The van der Waals surface area contributed by atoms with Gasteiger partial charge >= 0.3 is 0 Å². The third-order valence-electron chi connectivity index (χ3n) is 2.60. The van der Waals surface area contributed by atoms with Crippen LogP contribution in [0.3, 0.4) is 0 Å². The van der Waals surface area contributed by atoms with Gasteiger partial charge in [-0.1, -0.05) is 11.6 Å². The topological polar surface area (TPSA) is 81.4 Å². The van der Waals surface area contributed by atoms with E-state index < -0.39 is 24.0 Å². The number of rotatable bonds is 5. The Kier molecular flexibility index (Phi) is 5.18. The van der Waals surface area contributed by atoms with Gasteiger partial charge in [0.05, 0.1) is 0 Å². The highest BCUT2D eigenvalue weighted by Crippen LogP contribution is 2.22. The smallest absolute Gasteiger partial charge is 0.261 e. The van der Waals surface area contributed by atoms with Crippen LogP contribution in [-0.2, 0) is 9.59 Å². The van der Waals surface area contributed by atoms with E-state index in [0.29, 0.717) is 10.8 Å². The van der Waals surface area contributed by atoms with Crippen molar-refractivity contribution in [1.82, 2.24) is 5.32 Å². The lowest BCUT2D eigenvalue weighted by Gasteiger charge is -2.18. The molecule has 0 heterocycles. The summed E-state index contributed by atoms with van der Waals surface area (Å²) in [6.45, 7) is 4.94. The third kappa shape index (κ3) is 4.44. The van der Waals surface area contributed by atoms with Gasteiger partial charge in [-0.25, -0.2) is 0 Å². The van der Waals surface area contributed by atoms with E-state index >= 15 is 0 Å². The molecule has 0 saturated carbocycles. The fourth-order valence-corrected chi connectivity index (χ4v) is 1.62. The van der Waals surface area contributed by atoms with Gasteiger partial charge in [0, 0.05) is 5.02 Å². The minimum Gasteiger partial charge on any atom is -0.481 e. The Hall–Kier alpha value is -1.75. The third-order valence-corrected chi connectivity index (χ3v) is 2.83. The first-order valence-electron chi connectivity index (χ1n) is 5.83. The van der Waals surface area contributed by atoms with Gasteiger partial charge in [-0.2, -0.15) is 0 Å². The SMILES string of the molecule is Cc1cc(Cl)ccc1OC(C)C(=O)NC(C)C(N)=O. The van der Waals surface area contributed by atoms with Crippen LogP contribution in [0.25, 0.3) is 0 Å². The van der Waals surface area contributed by atoms with Crippen molar-refractivity contribution in [3.63, 3.8) is 0 Å². The number of primary amides is 1. The van der Waals surface area contributed by atoms with Crippen molar-refractivity contribution in [3.05, 3.63) is 28.8 Å². The molecule has 0 aliphatic heterocycles. The molecule has 0 aromatic heterocycles. The van der Waals surface area contributed by atoms with Crippen molar-refractivity contribution in [2.24, 2.45) is 5.73 Å². The van der Waals surface area contributed by atoms with Crippen molar-refractivity contribution < 1.29 is 14.3 Å². The number of hydrogen-bond acceptors (Lipinski definition) is 3. The lowest BCUT2D eigenvalue weighted by Crippen LogP contribution is -2.47. The molecule has 2 atom stereocenters. The average molecular weight is 285 g/mol. The minimum atomic E-state index is -0.735. The Morgan fingerprint density at radius 2 is 2.00 bits per heavy atom. The number of nitrogens with one attached hydrogen (secondary N) is 1. The van der Waals surface area contributed by atoms with E-state index in [2.05, 4.69) is 5.32 Å². The van der Waals surface area contributed by atoms with Gasteiger partial charge in [-0.05, 0) is 44.5 Å². The summed E-state index contributed by atoms with van der Waals surface area (Å²) in [5.74, 6) is -0.428. The molecule has 3 N–H and O–H groups in total. The second kappa shape index (κ2) is 6.43. The molecule has 0 spiro atoms. The molecule has 1 aromatic rings. The lowest BCUT2D eigenvalue weighted by atomic mass is 10.2. The van der Waals surface area contributed by atoms with Crippen LogP contribution in [0.15, 0.2) is 18.2 Å². The maximum absolute atomic E-state index is 11.8. The summed E-state index contributed by atoms with van der Waals surface area (Å²) in [4.78, 5) is 22.6. The van der Waals surface area contributed by atoms with Crippen LogP contribution in [-0.4, -0.2) is 24.0 Å². The monoisotopic (exact) mass is 284 g/mol. The van der Waals surface area contributed by atoms with Gasteiger partial charge in [-0.3, -0.25) is 9.59 Å². The number of amides is 2. The molecule has 5 nitrogen and oxygen atoms in total. The van der Waals surface area contributed by atoms with Crippen LogP contribution in [0.1, 0.15) is 19.4 Å². The number of ether oxygens (including phenoxy) is 1. The zero-order chi connectivity index (χ0) is 14.6. The number of halogens is 1. The fraction of sp³-hybridized carbons (Fsp3) is 0.385. The summed E-state index contributed by atoms with van der Waals surface area (Å²) in [6.07, 6.45) is -0.735. The molecule has 0 radical (unpaired) electrons. The van der Waals surface area contributed by atoms with Crippen LogP contribution in [0.4, 0.5) is 0 Å². The van der Waals surface area contributed by atoms with Crippen molar-refractivity contribution in [3.8, 4) is 5.75 Å². The van der Waals surface area contributed by atoms with Crippen LogP contribution in [0.5, 0.6) is 5.75 Å². The Morgan fingerprint density at radius 1 is 1.37 bits per heavy atom. The molecule has 0 aliphatic carbocycles. The fourth-order valence-electron chi connectivity index (χ4n) is 1.39. The minimum absolute atomic E-state index is 0.402. The van der Waals surface area contributed by atoms with Crippen LogP contribution >= 0.6 is 11.6 Å². The molecule has 0 aliphatic rings. The Labute approximate surface area is 117 Å². The van der Waals surface area contributed by atoms with E-state index in [1.807, 2.05) is 6.92 Å². The normalized spacial score (nSPS) is 13.5. The largest absolute Gasteiger partial charge is 0.481 e. The molecular weight excluding hydrogens is 268 g/mol. The summed E-state index contributed by atoms with van der Waals surface area (Å²) in [5, 5.41) is 3.07. The lowest BCUT2D eigenvalue weighted by molar-refractivity contribution is -0.131. The Balaban J connectivity index is 2.66. The average Bonchev–Trinajstić information content (AvgIpc) is 2.32. The molecule has 6 heteroatoms. The number of aryl methyl sites for hydroxylation is 1. The molecule has 1 aromatic carbocycles. The van der Waals surface area contributed by atoms with E-state index in [9.17, 15) is 9.59 Å². The van der Waals surface area contributed by atoms with Gasteiger partial charge in [-0.15, -0.1) is 0 Å². The quantitative estimate of drug-likeness (QED) is 0.858.